The van der Waals surface area contributed by atoms with Gasteiger partial charge in [0.05, 0.1) is 11.5 Å². The van der Waals surface area contributed by atoms with Crippen molar-refractivity contribution in [2.75, 3.05) is 0 Å². The van der Waals surface area contributed by atoms with E-state index in [1.807, 2.05) is 13.8 Å². The van der Waals surface area contributed by atoms with E-state index in [0.717, 1.165) is 18.4 Å². The zero-order valence-electron chi connectivity index (χ0n) is 24.8. The molecule has 0 spiro atoms. The van der Waals surface area contributed by atoms with Crippen molar-refractivity contribution >= 4 is 17.7 Å². The zero-order chi connectivity index (χ0) is 29.3. The number of hydrogen-bond donors (Lipinski definition) is 3. The van der Waals surface area contributed by atoms with Crippen molar-refractivity contribution in [1.82, 2.24) is 0 Å². The van der Waals surface area contributed by atoms with Crippen LogP contribution >= 0.6 is 0 Å². The maximum atomic E-state index is 14.0. The molecule has 2 fully saturated rings. The second-order valence-corrected chi connectivity index (χ2v) is 14.0. The molecule has 0 bridgehead atoms. The molecule has 0 aromatic carbocycles. The van der Waals surface area contributed by atoms with Gasteiger partial charge in [-0.1, -0.05) is 52.3 Å². The Kier molecular flexibility index (Phi) is 7.56. The third-order valence-electron chi connectivity index (χ3n) is 11.9. The highest BCUT2D eigenvalue weighted by Crippen LogP contribution is 2.69. The van der Waals surface area contributed by atoms with Gasteiger partial charge in [0.1, 0.15) is 11.7 Å². The first kappa shape index (κ1) is 30.0. The van der Waals surface area contributed by atoms with Crippen LogP contribution in [0.15, 0.2) is 23.3 Å². The summed E-state index contributed by atoms with van der Waals surface area (Å²) in [7, 11) is 0. The number of fused-ring (bicyclic) bond motifs is 4. The number of esters is 1. The largest absolute Gasteiger partial charge is 0.481 e. The number of carbonyl (C=O) groups excluding carboxylic acids is 2. The first-order chi connectivity index (χ1) is 18.0. The number of carbonyl (C=O) groups is 3. The fourth-order valence-corrected chi connectivity index (χ4v) is 9.13. The lowest BCUT2D eigenvalue weighted by molar-refractivity contribution is -0.186. The molecule has 0 saturated heterocycles. The monoisotopic (exact) mass is 544 g/mol. The Balaban J connectivity index is 1.83. The van der Waals surface area contributed by atoms with Gasteiger partial charge in [-0.25, -0.2) is 0 Å². The van der Waals surface area contributed by atoms with Gasteiger partial charge >= 0.3 is 11.9 Å². The van der Waals surface area contributed by atoms with Gasteiger partial charge in [0.2, 0.25) is 0 Å². The summed E-state index contributed by atoms with van der Waals surface area (Å²) in [6.45, 7) is 17.6. The smallest absolute Gasteiger partial charge is 0.312 e. The molecule has 0 aromatic heterocycles. The topological polar surface area (TPSA) is 121 Å². The highest BCUT2D eigenvalue weighted by Gasteiger charge is 2.71. The number of allylic oxidation sites excluding steroid dienone is 1. The van der Waals surface area contributed by atoms with Crippen LogP contribution in [0, 0.1) is 39.9 Å². The zero-order valence-corrected chi connectivity index (χ0v) is 24.8. The molecule has 4 aliphatic rings. The molecule has 2 saturated carbocycles. The maximum Gasteiger partial charge on any atom is 0.312 e. The molecule has 9 atom stereocenters. The Morgan fingerprint density at radius 2 is 1.74 bits per heavy atom. The minimum absolute atomic E-state index is 0.0247. The first-order valence-corrected chi connectivity index (χ1v) is 14.7. The second-order valence-electron chi connectivity index (χ2n) is 14.0. The van der Waals surface area contributed by atoms with Crippen molar-refractivity contribution in [2.24, 2.45) is 39.9 Å². The van der Waals surface area contributed by atoms with Crippen LogP contribution < -0.4 is 0 Å². The van der Waals surface area contributed by atoms with Crippen LogP contribution in [0.5, 0.6) is 0 Å². The van der Waals surface area contributed by atoms with E-state index in [0.29, 0.717) is 37.2 Å². The fraction of sp³-hybridized carbons (Fsp3) is 0.781. The molecule has 7 heteroatoms. The average molecular weight is 545 g/mol. The van der Waals surface area contributed by atoms with Gasteiger partial charge in [0.25, 0.3) is 0 Å². The molecule has 218 valence electrons. The predicted molar refractivity (Wildman–Crippen MR) is 148 cm³/mol. The molecule has 0 unspecified atom stereocenters. The summed E-state index contributed by atoms with van der Waals surface area (Å²) in [5.74, 6) is -1.77. The van der Waals surface area contributed by atoms with Crippen molar-refractivity contribution in [3.05, 3.63) is 23.3 Å². The van der Waals surface area contributed by atoms with Crippen molar-refractivity contribution in [2.45, 2.75) is 118 Å². The lowest BCUT2D eigenvalue weighted by atomic mass is 9.44. The number of Topliss-reactive ketones (excluding diaryl/α,β-unsaturated/α-hetero) is 1. The molecule has 7 nitrogen and oxygen atoms in total. The van der Waals surface area contributed by atoms with E-state index in [-0.39, 0.29) is 30.5 Å². The average Bonchev–Trinajstić information content (AvgIpc) is 3.13. The molecule has 0 radical (unpaired) electrons. The van der Waals surface area contributed by atoms with Crippen LogP contribution in [0.2, 0.25) is 0 Å². The highest BCUT2D eigenvalue weighted by molar-refractivity contribution is 6.01. The van der Waals surface area contributed by atoms with Crippen molar-refractivity contribution in [1.29, 1.82) is 0 Å². The molecular weight excluding hydrogens is 496 g/mol. The Bertz CT molecular complexity index is 1110. The fourth-order valence-electron chi connectivity index (χ4n) is 9.13. The lowest BCUT2D eigenvalue weighted by Crippen LogP contribution is -2.65. The number of ketones is 1. The van der Waals surface area contributed by atoms with E-state index in [1.54, 1.807) is 6.92 Å². The molecule has 4 aliphatic carbocycles. The van der Waals surface area contributed by atoms with E-state index < -0.39 is 51.9 Å². The van der Waals surface area contributed by atoms with Crippen LogP contribution in [0.1, 0.15) is 99.8 Å². The lowest BCUT2D eigenvalue weighted by Gasteiger charge is -2.61. The summed E-state index contributed by atoms with van der Waals surface area (Å²) in [5, 5.41) is 33.7. The molecule has 0 aliphatic heterocycles. The molecule has 0 aromatic rings. The van der Waals surface area contributed by atoms with Crippen molar-refractivity contribution in [3.63, 3.8) is 0 Å². The third kappa shape index (κ3) is 4.16. The molecule has 0 amide bonds. The summed E-state index contributed by atoms with van der Waals surface area (Å²) in [5.41, 5.74) is -2.20. The molecule has 3 N–H and O–H groups in total. The predicted octanol–water partition coefficient (Wildman–Crippen LogP) is 5.24. The number of carboxylic acids is 1. The van der Waals surface area contributed by atoms with Crippen LogP contribution in [-0.4, -0.2) is 50.9 Å². The number of carboxylic acid groups (broad SMARTS) is 1. The summed E-state index contributed by atoms with van der Waals surface area (Å²) in [4.78, 5) is 39.0. The van der Waals surface area contributed by atoms with Crippen molar-refractivity contribution in [3.8, 4) is 0 Å². The minimum atomic E-state index is -1.49. The standard InChI is InChI=1S/C32H48O7/c1-17(2)18(3)9-10-19(4)21-11-14-32(38)27-22(15-26(31(21,32)8)39-20(5)33)29(6)13-12-25(35)30(7,28(36)37)24(29)16-23(27)34/h17,19,21,24-26,35,38H,3,9-16H2,1-2,4-8H3,(H,36,37)/t19-,21-,24-,25+,26-,29-,30+,31+,32+/m1/s1. The molecule has 0 heterocycles. The summed E-state index contributed by atoms with van der Waals surface area (Å²) in [6.07, 6.45) is 2.22. The Hall–Kier alpha value is -1.99. The molecular formula is C32H48O7. The van der Waals surface area contributed by atoms with Crippen LogP contribution in [0.25, 0.3) is 0 Å². The van der Waals surface area contributed by atoms with Gasteiger partial charge in [-0.05, 0) is 74.5 Å². The summed E-state index contributed by atoms with van der Waals surface area (Å²) in [6, 6.07) is 0. The van der Waals surface area contributed by atoms with Gasteiger partial charge in [0.15, 0.2) is 5.78 Å². The second kappa shape index (κ2) is 9.83. The minimum Gasteiger partial charge on any atom is -0.481 e. The Morgan fingerprint density at radius 3 is 2.31 bits per heavy atom. The number of rotatable bonds is 7. The summed E-state index contributed by atoms with van der Waals surface area (Å²) < 4.78 is 6.02. The number of ether oxygens (including phenoxy) is 1. The molecule has 4 rings (SSSR count). The van der Waals surface area contributed by atoms with E-state index in [1.165, 1.54) is 12.5 Å². The number of aliphatic carboxylic acids is 1. The SMILES string of the molecule is C=C(CC[C@@H](C)[C@H]1CC[C@]2(O)C3=C(C[C@@H](OC(C)=O)[C@]12C)[C@@]1(C)CC[C@H](O)[C@@](C)(C(=O)O)[C@@H]1CC3=O)C(C)C. The quantitative estimate of drug-likeness (QED) is 0.296. The highest BCUT2D eigenvalue weighted by atomic mass is 16.5. The maximum absolute atomic E-state index is 14.0. The van der Waals surface area contributed by atoms with E-state index >= 15 is 0 Å². The third-order valence-corrected chi connectivity index (χ3v) is 11.9. The normalized spacial score (nSPS) is 42.5. The Labute approximate surface area is 233 Å². The summed E-state index contributed by atoms with van der Waals surface area (Å²) >= 11 is 0. The van der Waals surface area contributed by atoms with E-state index in [2.05, 4.69) is 27.4 Å². The van der Waals surface area contributed by atoms with Gasteiger partial charge < -0.3 is 20.1 Å². The Morgan fingerprint density at radius 1 is 1.10 bits per heavy atom. The van der Waals surface area contributed by atoms with Gasteiger partial charge in [0, 0.05) is 30.8 Å². The molecule has 39 heavy (non-hydrogen) atoms. The van der Waals surface area contributed by atoms with Gasteiger partial charge in [-0.15, -0.1) is 0 Å². The van der Waals surface area contributed by atoms with Crippen molar-refractivity contribution < 1.29 is 34.4 Å². The first-order valence-electron chi connectivity index (χ1n) is 14.7. The van der Waals surface area contributed by atoms with E-state index in [9.17, 15) is 29.7 Å². The number of hydrogen-bond acceptors (Lipinski definition) is 6. The van der Waals surface area contributed by atoms with Gasteiger partial charge in [-0.2, -0.15) is 0 Å². The van der Waals surface area contributed by atoms with Crippen LogP contribution in [0.3, 0.4) is 0 Å². The number of aliphatic hydroxyl groups excluding tert-OH is 1. The van der Waals surface area contributed by atoms with Gasteiger partial charge in [-0.3, -0.25) is 14.4 Å². The van der Waals surface area contributed by atoms with Crippen LogP contribution in [-0.2, 0) is 19.1 Å². The number of aliphatic hydroxyl groups is 2. The van der Waals surface area contributed by atoms with E-state index in [4.69, 9.17) is 4.74 Å². The van der Waals surface area contributed by atoms with Crippen LogP contribution in [0.4, 0.5) is 0 Å².